The largest absolute Gasteiger partial charge is 0.379 e. The van der Waals surface area contributed by atoms with Crippen molar-refractivity contribution >= 4 is 17.6 Å². The van der Waals surface area contributed by atoms with E-state index < -0.39 is 0 Å². The lowest BCUT2D eigenvalue weighted by Gasteiger charge is -2.57. The maximum atomic E-state index is 12.3. The molecule has 1 spiro atoms. The molecule has 0 atom stereocenters. The van der Waals surface area contributed by atoms with Crippen LogP contribution in [0.4, 0.5) is 0 Å². The van der Waals surface area contributed by atoms with Crippen molar-refractivity contribution in [3.63, 3.8) is 0 Å². The van der Waals surface area contributed by atoms with Gasteiger partial charge in [-0.1, -0.05) is 96.8 Å². The minimum atomic E-state index is 0.0371. The molecule has 2 aliphatic carbocycles. The van der Waals surface area contributed by atoms with Crippen molar-refractivity contribution in [3.8, 4) is 0 Å². The van der Waals surface area contributed by atoms with E-state index >= 15 is 0 Å². The highest BCUT2D eigenvalue weighted by atomic mass is 16.5. The third kappa shape index (κ3) is 17.3. The standard InChI is InChI=1S/C34H62N2O5/c1-3-4-5-6-7-8-9-10-11-12-13-14-15-16-17-18-32(38)35-30-25-34(26-30)27-31(28-34)36-33(39)20-22-41-24-23-40-21-19-29(2)37/h30-31H,3-28H2,1-2H3,(H,35,38)(H,36,39). The van der Waals surface area contributed by atoms with Gasteiger partial charge in [0.15, 0.2) is 0 Å². The van der Waals surface area contributed by atoms with E-state index in [1.807, 2.05) is 0 Å². The molecule has 2 N–H and O–H groups in total. The number of ketones is 1. The zero-order valence-corrected chi connectivity index (χ0v) is 26.6. The van der Waals surface area contributed by atoms with Crippen LogP contribution in [0.2, 0.25) is 0 Å². The molecule has 2 amide bonds. The molecule has 0 aliphatic heterocycles. The molecule has 2 aliphatic rings. The Kier molecular flexibility index (Phi) is 19.3. The first kappa shape index (κ1) is 35.7. The zero-order valence-electron chi connectivity index (χ0n) is 26.6. The van der Waals surface area contributed by atoms with Crippen LogP contribution in [-0.4, -0.2) is 56.1 Å². The van der Waals surface area contributed by atoms with Crippen molar-refractivity contribution in [1.82, 2.24) is 10.6 Å². The van der Waals surface area contributed by atoms with Crippen molar-refractivity contribution in [2.24, 2.45) is 5.41 Å². The van der Waals surface area contributed by atoms with Gasteiger partial charge in [-0.25, -0.2) is 0 Å². The molecule has 41 heavy (non-hydrogen) atoms. The molecule has 0 bridgehead atoms. The Hall–Kier alpha value is -1.47. The number of unbranched alkanes of at least 4 members (excludes halogenated alkanes) is 14. The van der Waals surface area contributed by atoms with E-state index in [2.05, 4.69) is 17.6 Å². The van der Waals surface area contributed by atoms with E-state index in [1.54, 1.807) is 6.92 Å². The van der Waals surface area contributed by atoms with E-state index in [1.165, 1.54) is 89.9 Å². The minimum absolute atomic E-state index is 0.0371. The van der Waals surface area contributed by atoms with Crippen LogP contribution < -0.4 is 10.6 Å². The summed E-state index contributed by atoms with van der Waals surface area (Å²) >= 11 is 0. The molecular formula is C34H62N2O5. The molecule has 7 nitrogen and oxygen atoms in total. The van der Waals surface area contributed by atoms with Crippen LogP contribution in [0, 0.1) is 5.41 Å². The van der Waals surface area contributed by atoms with E-state index in [4.69, 9.17) is 9.47 Å². The van der Waals surface area contributed by atoms with Crippen LogP contribution in [-0.2, 0) is 23.9 Å². The van der Waals surface area contributed by atoms with Crippen LogP contribution in [0.25, 0.3) is 0 Å². The normalized spacial score (nSPS) is 21.3. The van der Waals surface area contributed by atoms with Crippen LogP contribution in [0.3, 0.4) is 0 Å². The Labute approximate surface area is 251 Å². The Balaban J connectivity index is 1.32. The zero-order chi connectivity index (χ0) is 29.6. The number of ether oxygens (including phenoxy) is 2. The van der Waals surface area contributed by atoms with Crippen molar-refractivity contribution in [3.05, 3.63) is 0 Å². The number of Topliss-reactive ketones (excluding diaryl/α,β-unsaturated/α-hetero) is 1. The highest BCUT2D eigenvalue weighted by molar-refractivity contribution is 5.77. The summed E-state index contributed by atoms with van der Waals surface area (Å²) in [5.41, 5.74) is 0.332. The first-order chi connectivity index (χ1) is 19.9. The molecule has 0 unspecified atom stereocenters. The first-order valence-corrected chi connectivity index (χ1v) is 17.2. The number of hydrogen-bond donors (Lipinski definition) is 2. The molecule has 7 heteroatoms. The third-order valence-electron chi connectivity index (χ3n) is 8.90. The molecule has 0 aromatic carbocycles. The van der Waals surface area contributed by atoms with Crippen LogP contribution in [0.15, 0.2) is 0 Å². The molecule has 0 saturated heterocycles. The van der Waals surface area contributed by atoms with Gasteiger partial charge >= 0.3 is 0 Å². The summed E-state index contributed by atoms with van der Waals surface area (Å²) in [5, 5.41) is 6.35. The number of hydrogen-bond acceptors (Lipinski definition) is 5. The third-order valence-corrected chi connectivity index (χ3v) is 8.90. The van der Waals surface area contributed by atoms with Gasteiger partial charge in [0.1, 0.15) is 5.78 Å². The van der Waals surface area contributed by atoms with Crippen molar-refractivity contribution < 1.29 is 23.9 Å². The summed E-state index contributed by atoms with van der Waals surface area (Å²) in [7, 11) is 0. The highest BCUT2D eigenvalue weighted by Crippen LogP contribution is 2.55. The quantitative estimate of drug-likeness (QED) is 0.101. The molecule has 0 aromatic heterocycles. The first-order valence-electron chi connectivity index (χ1n) is 17.2. The van der Waals surface area contributed by atoms with Gasteiger partial charge in [-0.15, -0.1) is 0 Å². The lowest BCUT2D eigenvalue weighted by Crippen LogP contribution is -2.61. The summed E-state index contributed by atoms with van der Waals surface area (Å²) in [6.45, 7) is 5.51. The van der Waals surface area contributed by atoms with E-state index in [-0.39, 0.29) is 23.6 Å². The smallest absolute Gasteiger partial charge is 0.222 e. The Morgan fingerprint density at radius 3 is 1.39 bits per heavy atom. The summed E-state index contributed by atoms with van der Waals surface area (Å²) in [5.74, 6) is 0.371. The molecule has 0 aromatic rings. The number of amides is 2. The molecule has 0 heterocycles. The predicted octanol–water partition coefficient (Wildman–Crippen LogP) is 7.19. The van der Waals surface area contributed by atoms with Crippen molar-refractivity contribution in [2.75, 3.05) is 26.4 Å². The lowest BCUT2D eigenvalue weighted by molar-refractivity contribution is -0.128. The maximum absolute atomic E-state index is 12.3. The monoisotopic (exact) mass is 578 g/mol. The molecule has 238 valence electrons. The molecule has 0 radical (unpaired) electrons. The van der Waals surface area contributed by atoms with Gasteiger partial charge in [-0.05, 0) is 44.4 Å². The Morgan fingerprint density at radius 1 is 0.561 bits per heavy atom. The summed E-state index contributed by atoms with van der Waals surface area (Å²) in [6, 6.07) is 0.580. The highest BCUT2D eigenvalue weighted by Gasteiger charge is 2.53. The average molecular weight is 579 g/mol. The molecular weight excluding hydrogens is 516 g/mol. The predicted molar refractivity (Wildman–Crippen MR) is 166 cm³/mol. The number of nitrogens with one attached hydrogen (secondary N) is 2. The SMILES string of the molecule is CCCCCCCCCCCCCCCCCC(=O)NC1CC2(C1)CC(NC(=O)CCOCCOCCC(C)=O)C2. The van der Waals surface area contributed by atoms with Crippen LogP contribution in [0.5, 0.6) is 0 Å². The number of carbonyl (C=O) groups excluding carboxylic acids is 3. The van der Waals surface area contributed by atoms with Crippen molar-refractivity contribution in [2.45, 2.75) is 167 Å². The summed E-state index contributed by atoms with van der Waals surface area (Å²) in [4.78, 5) is 35.3. The summed E-state index contributed by atoms with van der Waals surface area (Å²) < 4.78 is 10.7. The van der Waals surface area contributed by atoms with E-state index in [0.29, 0.717) is 57.1 Å². The Bertz CT molecular complexity index is 714. The second-order valence-electron chi connectivity index (χ2n) is 13.0. The van der Waals surface area contributed by atoms with Gasteiger partial charge < -0.3 is 20.1 Å². The minimum Gasteiger partial charge on any atom is -0.379 e. The lowest BCUT2D eigenvalue weighted by atomic mass is 9.52. The Morgan fingerprint density at radius 2 is 0.951 bits per heavy atom. The fourth-order valence-corrected chi connectivity index (χ4v) is 6.47. The van der Waals surface area contributed by atoms with Gasteiger partial charge in [0.2, 0.25) is 11.8 Å². The molecule has 2 rings (SSSR count). The van der Waals surface area contributed by atoms with Crippen LogP contribution in [0.1, 0.15) is 155 Å². The number of rotatable bonds is 27. The fraction of sp³-hybridized carbons (Fsp3) is 0.912. The van der Waals surface area contributed by atoms with Crippen molar-refractivity contribution in [1.29, 1.82) is 0 Å². The maximum Gasteiger partial charge on any atom is 0.222 e. The van der Waals surface area contributed by atoms with E-state index in [0.717, 1.165) is 32.1 Å². The van der Waals surface area contributed by atoms with Gasteiger partial charge in [-0.2, -0.15) is 0 Å². The van der Waals surface area contributed by atoms with Gasteiger partial charge in [0.05, 0.1) is 26.4 Å². The molecule has 2 saturated carbocycles. The number of carbonyl (C=O) groups is 3. The second kappa shape index (κ2) is 22.1. The van der Waals surface area contributed by atoms with Gasteiger partial charge in [0, 0.05) is 31.3 Å². The van der Waals surface area contributed by atoms with Gasteiger partial charge in [0.25, 0.3) is 0 Å². The fourth-order valence-electron chi connectivity index (χ4n) is 6.47. The topological polar surface area (TPSA) is 93.7 Å². The molecule has 2 fully saturated rings. The summed E-state index contributed by atoms with van der Waals surface area (Å²) in [6.07, 6.45) is 25.7. The van der Waals surface area contributed by atoms with Crippen LogP contribution >= 0.6 is 0 Å². The second-order valence-corrected chi connectivity index (χ2v) is 13.0. The average Bonchev–Trinajstić information content (AvgIpc) is 2.89. The van der Waals surface area contributed by atoms with Gasteiger partial charge in [-0.3, -0.25) is 14.4 Å². The van der Waals surface area contributed by atoms with E-state index in [9.17, 15) is 14.4 Å².